The van der Waals surface area contributed by atoms with Crippen LogP contribution in [0.5, 0.6) is 5.75 Å². The zero-order valence-corrected chi connectivity index (χ0v) is 19.2. The van der Waals surface area contributed by atoms with Crippen molar-refractivity contribution in [2.45, 2.75) is 40.3 Å². The second-order valence-corrected chi connectivity index (χ2v) is 7.76. The molecule has 1 heterocycles. The first-order chi connectivity index (χ1) is 15.4. The summed E-state index contributed by atoms with van der Waals surface area (Å²) >= 11 is 6.04. The number of halogens is 1. The molecule has 0 spiro atoms. The maximum absolute atomic E-state index is 12.7. The van der Waals surface area contributed by atoms with Gasteiger partial charge >= 0.3 is 0 Å². The Balaban J connectivity index is 1.65. The van der Waals surface area contributed by atoms with Gasteiger partial charge in [0.15, 0.2) is 5.69 Å². The van der Waals surface area contributed by atoms with E-state index in [4.69, 9.17) is 16.3 Å². The topological polar surface area (TPSA) is 85.3 Å². The molecular weight excluding hydrogens is 428 g/mol. The fourth-order valence-corrected chi connectivity index (χ4v) is 3.10. The number of hydrogen-bond acceptors (Lipinski definition) is 4. The first-order valence-electron chi connectivity index (χ1n) is 10.6. The largest absolute Gasteiger partial charge is 0.489 e. The number of hydrogen-bond donors (Lipinski definition) is 2. The summed E-state index contributed by atoms with van der Waals surface area (Å²) in [4.78, 5) is 25.1. The predicted octanol–water partition coefficient (Wildman–Crippen LogP) is 4.84. The quantitative estimate of drug-likeness (QED) is 0.484. The van der Waals surface area contributed by atoms with Gasteiger partial charge in [-0.25, -0.2) is 0 Å². The van der Waals surface area contributed by atoms with Gasteiger partial charge in [0.05, 0.1) is 5.69 Å². The number of benzene rings is 2. The molecule has 7 nitrogen and oxygen atoms in total. The van der Waals surface area contributed by atoms with Crippen LogP contribution in [0.15, 0.2) is 48.7 Å². The lowest BCUT2D eigenvalue weighted by atomic mass is 10.1. The smallest absolute Gasteiger partial charge is 0.273 e. The van der Waals surface area contributed by atoms with E-state index in [1.54, 1.807) is 29.1 Å². The van der Waals surface area contributed by atoms with E-state index < -0.39 is 0 Å². The van der Waals surface area contributed by atoms with Crippen LogP contribution in [0, 0.1) is 6.92 Å². The van der Waals surface area contributed by atoms with Gasteiger partial charge in [-0.3, -0.25) is 14.3 Å². The molecule has 168 valence electrons. The molecule has 0 bridgehead atoms. The van der Waals surface area contributed by atoms with Crippen molar-refractivity contribution in [1.82, 2.24) is 15.1 Å². The van der Waals surface area contributed by atoms with Gasteiger partial charge in [0.2, 0.25) is 0 Å². The van der Waals surface area contributed by atoms with E-state index in [0.29, 0.717) is 36.0 Å². The van der Waals surface area contributed by atoms with Gasteiger partial charge in [-0.15, -0.1) is 0 Å². The minimum absolute atomic E-state index is 0.205. The minimum atomic E-state index is -0.314. The third-order valence-electron chi connectivity index (χ3n) is 4.84. The van der Waals surface area contributed by atoms with Crippen LogP contribution in [-0.2, 0) is 13.2 Å². The van der Waals surface area contributed by atoms with Crippen molar-refractivity contribution in [3.8, 4) is 5.75 Å². The number of nitrogens with zero attached hydrogens (tertiary/aromatic N) is 2. The molecule has 0 aliphatic rings. The van der Waals surface area contributed by atoms with Crippen LogP contribution in [-0.4, -0.2) is 28.1 Å². The van der Waals surface area contributed by atoms with Gasteiger partial charge < -0.3 is 15.4 Å². The van der Waals surface area contributed by atoms with E-state index in [0.717, 1.165) is 23.3 Å². The molecule has 0 unspecified atom stereocenters. The summed E-state index contributed by atoms with van der Waals surface area (Å²) in [6, 6.07) is 12.6. The first kappa shape index (κ1) is 23.3. The molecule has 3 aromatic rings. The van der Waals surface area contributed by atoms with Crippen molar-refractivity contribution in [2.24, 2.45) is 0 Å². The fraction of sp³-hybridized carbons (Fsp3) is 0.292. The molecular formula is C24H27ClN4O3. The number of nitrogens with one attached hydrogen (secondary N) is 2. The highest BCUT2D eigenvalue weighted by Crippen LogP contribution is 2.22. The number of carbonyl (C=O) groups excluding carboxylic acids is 2. The molecule has 0 saturated heterocycles. The van der Waals surface area contributed by atoms with Crippen LogP contribution in [0.4, 0.5) is 5.69 Å². The second kappa shape index (κ2) is 10.8. The molecule has 0 aliphatic carbocycles. The van der Waals surface area contributed by atoms with Gasteiger partial charge in [0, 0.05) is 29.9 Å². The van der Waals surface area contributed by atoms with Crippen LogP contribution < -0.4 is 15.4 Å². The zero-order chi connectivity index (χ0) is 23.1. The number of rotatable bonds is 9. The number of aryl methyl sites for hydroxylation is 2. The molecule has 32 heavy (non-hydrogen) atoms. The van der Waals surface area contributed by atoms with Crippen molar-refractivity contribution >= 4 is 29.1 Å². The summed E-state index contributed by atoms with van der Waals surface area (Å²) in [6.07, 6.45) is 2.48. The molecule has 8 heteroatoms. The molecule has 0 atom stereocenters. The van der Waals surface area contributed by atoms with Gasteiger partial charge in [-0.2, -0.15) is 5.10 Å². The van der Waals surface area contributed by atoms with Crippen LogP contribution in [0.25, 0.3) is 0 Å². The molecule has 0 saturated carbocycles. The Kier molecular flexibility index (Phi) is 7.89. The van der Waals surface area contributed by atoms with Crippen LogP contribution in [0.1, 0.15) is 52.2 Å². The van der Waals surface area contributed by atoms with E-state index in [-0.39, 0.29) is 17.5 Å². The average Bonchev–Trinajstić information content (AvgIpc) is 3.21. The van der Waals surface area contributed by atoms with Gasteiger partial charge in [0.25, 0.3) is 11.8 Å². The Morgan fingerprint density at radius 2 is 1.84 bits per heavy atom. The van der Waals surface area contributed by atoms with Crippen molar-refractivity contribution in [2.75, 3.05) is 11.9 Å². The molecule has 3 rings (SSSR count). The summed E-state index contributed by atoms with van der Waals surface area (Å²) < 4.78 is 7.42. The lowest BCUT2D eigenvalue weighted by molar-refractivity contribution is 0.0948. The van der Waals surface area contributed by atoms with Crippen LogP contribution in [0.2, 0.25) is 5.02 Å². The van der Waals surface area contributed by atoms with Gasteiger partial charge in [-0.1, -0.05) is 30.7 Å². The van der Waals surface area contributed by atoms with Crippen LogP contribution >= 0.6 is 11.6 Å². The van der Waals surface area contributed by atoms with Crippen molar-refractivity contribution in [1.29, 1.82) is 0 Å². The van der Waals surface area contributed by atoms with Gasteiger partial charge in [-0.05, 0) is 61.7 Å². The first-order valence-corrected chi connectivity index (χ1v) is 10.9. The summed E-state index contributed by atoms with van der Waals surface area (Å²) in [7, 11) is 0. The summed E-state index contributed by atoms with van der Waals surface area (Å²) in [5.74, 6) is 0.112. The third kappa shape index (κ3) is 5.88. The Labute approximate surface area is 192 Å². The second-order valence-electron chi connectivity index (χ2n) is 7.35. The predicted molar refractivity (Wildman–Crippen MR) is 125 cm³/mol. The third-order valence-corrected chi connectivity index (χ3v) is 5.26. The molecule has 0 radical (unpaired) electrons. The summed E-state index contributed by atoms with van der Waals surface area (Å²) in [5, 5.41) is 10.6. The average molecular weight is 455 g/mol. The minimum Gasteiger partial charge on any atom is -0.489 e. The fourth-order valence-electron chi connectivity index (χ4n) is 2.99. The Bertz CT molecular complexity index is 1090. The highest BCUT2D eigenvalue weighted by molar-refractivity contribution is 6.31. The summed E-state index contributed by atoms with van der Waals surface area (Å²) in [6.45, 7) is 7.31. The van der Waals surface area contributed by atoms with Crippen LogP contribution in [0.3, 0.4) is 0 Å². The van der Waals surface area contributed by atoms with E-state index in [1.165, 1.54) is 0 Å². The molecule has 1 aromatic heterocycles. The standard InChI is InChI=1S/C24H27ClN4O3/c1-4-12-26-24(31)22-21(14-29(5-2)28-22)27-23(30)18-8-6-17(7-9-18)15-32-19-10-11-20(25)16(3)13-19/h6-11,13-14H,4-5,12,15H2,1-3H3,(H,26,31)(H,27,30). The lowest BCUT2D eigenvalue weighted by Crippen LogP contribution is -2.26. The monoisotopic (exact) mass is 454 g/mol. The molecule has 2 N–H and O–H groups in total. The van der Waals surface area contributed by atoms with E-state index in [9.17, 15) is 9.59 Å². The number of carbonyl (C=O) groups is 2. The Morgan fingerprint density at radius 1 is 1.09 bits per heavy atom. The number of amides is 2. The normalized spacial score (nSPS) is 10.6. The molecule has 0 fully saturated rings. The number of ether oxygens (including phenoxy) is 1. The zero-order valence-electron chi connectivity index (χ0n) is 18.4. The Morgan fingerprint density at radius 3 is 2.50 bits per heavy atom. The highest BCUT2D eigenvalue weighted by atomic mass is 35.5. The van der Waals surface area contributed by atoms with Crippen molar-refractivity contribution in [3.05, 3.63) is 76.1 Å². The van der Waals surface area contributed by atoms with E-state index >= 15 is 0 Å². The SMILES string of the molecule is CCCNC(=O)c1nn(CC)cc1NC(=O)c1ccc(COc2ccc(Cl)c(C)c2)cc1. The van der Waals surface area contributed by atoms with Crippen molar-refractivity contribution in [3.63, 3.8) is 0 Å². The maximum atomic E-state index is 12.7. The highest BCUT2D eigenvalue weighted by Gasteiger charge is 2.18. The lowest BCUT2D eigenvalue weighted by Gasteiger charge is -2.09. The van der Waals surface area contributed by atoms with E-state index in [2.05, 4.69) is 15.7 Å². The number of aromatic nitrogens is 2. The Hall–Kier alpha value is -3.32. The van der Waals surface area contributed by atoms with Crippen molar-refractivity contribution < 1.29 is 14.3 Å². The molecule has 0 aliphatic heterocycles. The summed E-state index contributed by atoms with van der Waals surface area (Å²) in [5.41, 5.74) is 2.94. The molecule has 2 amide bonds. The van der Waals surface area contributed by atoms with E-state index in [1.807, 2.05) is 45.0 Å². The maximum Gasteiger partial charge on any atom is 0.273 e. The van der Waals surface area contributed by atoms with Gasteiger partial charge in [0.1, 0.15) is 12.4 Å². The number of anilines is 1. The molecule has 2 aromatic carbocycles.